The molecule has 3 aromatic carbocycles. The average Bonchev–Trinajstić information content (AvgIpc) is 4.04. The molecule has 3 fully saturated rings. The van der Waals surface area contributed by atoms with Crippen LogP contribution < -0.4 is 25.2 Å². The van der Waals surface area contributed by atoms with Crippen molar-refractivity contribution in [2.24, 2.45) is 11.3 Å². The monoisotopic (exact) mass is 1050 g/mol. The molecule has 0 aliphatic carbocycles. The maximum atomic E-state index is 14.1. The predicted molar refractivity (Wildman–Crippen MR) is 274 cm³/mol. The van der Waals surface area contributed by atoms with Gasteiger partial charge in [0.15, 0.2) is 5.11 Å². The summed E-state index contributed by atoms with van der Waals surface area (Å²) in [5, 5.41) is 15.2. The minimum Gasteiger partial charge on any atom is -0.494 e. The Kier molecular flexibility index (Phi) is 18.0. The van der Waals surface area contributed by atoms with E-state index in [4.69, 9.17) is 31.2 Å². The van der Waals surface area contributed by atoms with Crippen LogP contribution in [0.2, 0.25) is 0 Å². The Morgan fingerprint density at radius 3 is 2.29 bits per heavy atom. The highest BCUT2D eigenvalue weighted by Crippen LogP contribution is 2.44. The molecular formula is C53H62F3N7O8S2. The van der Waals surface area contributed by atoms with Crippen LogP contribution in [-0.2, 0) is 46.1 Å². The summed E-state index contributed by atoms with van der Waals surface area (Å²) in [6.07, 6.45) is -1.77. The quantitative estimate of drug-likeness (QED) is 0.0640. The molecule has 15 nitrogen and oxygen atoms in total. The van der Waals surface area contributed by atoms with Crippen molar-refractivity contribution in [2.75, 3.05) is 62.6 Å². The maximum absolute atomic E-state index is 14.1. The molecule has 0 bridgehead atoms. The lowest BCUT2D eigenvalue weighted by molar-refractivity contribution is -0.144. The number of carbonyl (C=O) groups excluding carboxylic acids is 4. The van der Waals surface area contributed by atoms with Gasteiger partial charge in [0.1, 0.15) is 30.0 Å². The molecule has 1 aromatic heterocycles. The Hall–Kier alpha value is -5.98. The van der Waals surface area contributed by atoms with Gasteiger partial charge in [-0.05, 0) is 110 Å². The number of hydrogen-bond acceptors (Lipinski definition) is 12. The van der Waals surface area contributed by atoms with Crippen LogP contribution in [0.5, 0.6) is 5.75 Å². The molecular weight excluding hydrogens is 984 g/mol. The van der Waals surface area contributed by atoms with Gasteiger partial charge in [-0.15, -0.1) is 11.3 Å². The fourth-order valence-corrected chi connectivity index (χ4v) is 10.6. The molecule has 3 aliphatic heterocycles. The molecule has 0 radical (unpaired) electrons. The number of thiazole rings is 1. The molecule has 1 spiro atoms. The lowest BCUT2D eigenvalue weighted by atomic mass is 9.85. The summed E-state index contributed by atoms with van der Waals surface area (Å²) in [7, 11) is 0. The van der Waals surface area contributed by atoms with Crippen LogP contribution in [-0.4, -0.2) is 109 Å². The van der Waals surface area contributed by atoms with Crippen LogP contribution >= 0.6 is 23.6 Å². The van der Waals surface area contributed by atoms with E-state index in [-0.39, 0.29) is 67.8 Å². The van der Waals surface area contributed by atoms with E-state index >= 15 is 0 Å². The molecule has 3 aliphatic rings. The lowest BCUT2D eigenvalue weighted by Gasteiger charge is -2.38. The van der Waals surface area contributed by atoms with Crippen molar-refractivity contribution in [2.45, 2.75) is 103 Å². The number of aromatic nitrogens is 1. The van der Waals surface area contributed by atoms with E-state index < -0.39 is 52.2 Å². The van der Waals surface area contributed by atoms with Gasteiger partial charge in [-0.3, -0.25) is 24.1 Å². The number of likely N-dealkylation sites (tertiary alicyclic amines) is 1. The molecule has 4 heterocycles. The molecule has 0 saturated carbocycles. The Bertz CT molecular complexity index is 2650. The Balaban J connectivity index is 0.798. The van der Waals surface area contributed by atoms with Gasteiger partial charge >= 0.3 is 6.18 Å². The number of benzene rings is 3. The average molecular weight is 1050 g/mol. The highest BCUT2D eigenvalue weighted by molar-refractivity contribution is 7.81. The number of nitrogens with one attached hydrogen (secondary N) is 2. The predicted octanol–water partition coefficient (Wildman–Crippen LogP) is 8.36. The number of aryl methyl sites for hydroxylation is 1. The molecule has 3 atom stereocenters. The second kappa shape index (κ2) is 23.9. The second-order valence-electron chi connectivity index (χ2n) is 19.7. The third-order valence-corrected chi connectivity index (χ3v) is 14.6. The number of alkyl halides is 3. The molecule has 0 unspecified atom stereocenters. The van der Waals surface area contributed by atoms with Gasteiger partial charge < -0.3 is 39.4 Å². The fourth-order valence-electron chi connectivity index (χ4n) is 9.34. The van der Waals surface area contributed by atoms with E-state index in [9.17, 15) is 37.6 Å². The number of anilines is 2. The van der Waals surface area contributed by atoms with Crippen LogP contribution in [0.15, 0.2) is 72.2 Å². The van der Waals surface area contributed by atoms with Crippen molar-refractivity contribution >= 4 is 63.7 Å². The second-order valence-corrected chi connectivity index (χ2v) is 20.9. The summed E-state index contributed by atoms with van der Waals surface area (Å²) in [6, 6.07) is 18.2. The van der Waals surface area contributed by atoms with E-state index in [0.717, 1.165) is 45.2 Å². The van der Waals surface area contributed by atoms with E-state index in [2.05, 4.69) is 15.6 Å². The van der Waals surface area contributed by atoms with Crippen molar-refractivity contribution in [1.82, 2.24) is 20.5 Å². The molecule has 7 rings (SSSR count). The summed E-state index contributed by atoms with van der Waals surface area (Å²) < 4.78 is 64.6. The first-order valence-electron chi connectivity index (χ1n) is 24.5. The number of ether oxygens (including phenoxy) is 4. The number of unbranched alkanes of at least 4 members (excludes halogenated alkanes) is 1. The van der Waals surface area contributed by atoms with E-state index in [1.54, 1.807) is 51.5 Å². The molecule has 4 aromatic rings. The van der Waals surface area contributed by atoms with Gasteiger partial charge in [0.05, 0.1) is 45.6 Å². The topological polar surface area (TPSA) is 176 Å². The highest BCUT2D eigenvalue weighted by atomic mass is 32.1. The standard InChI is InChI=1S/C53H62F3N7O8S2/c1-34-27-43(47(65)58-30-36-9-11-37(12-10-36)45-35(2)59-33-73-45)61(31-34)48(66)46(51(3,4)5)60-44(64)32-70-23-8-22-68-21-6-7-24-71-41-17-15-39(16-18-41)63-50(72)62(49(67)52(63)19-25-69-26-20-52)40-14-13-38(29-57)42(28-40)53(54,55)56/h9-18,28,33-34,43,46H,6-8,19-27,30-32H2,1-5H3,(H,58,65)(H,60,64)/t34-,43+,46-/m1/s1. The third kappa shape index (κ3) is 13.0. The molecule has 2 N–H and O–H groups in total. The van der Waals surface area contributed by atoms with Crippen LogP contribution in [0.25, 0.3) is 10.4 Å². The Morgan fingerprint density at radius 1 is 0.959 bits per heavy atom. The van der Waals surface area contributed by atoms with Crippen LogP contribution in [0.1, 0.15) is 88.6 Å². The summed E-state index contributed by atoms with van der Waals surface area (Å²) in [5.74, 6) is -0.731. The van der Waals surface area contributed by atoms with Gasteiger partial charge in [0, 0.05) is 64.7 Å². The first kappa shape index (κ1) is 54.8. The van der Waals surface area contributed by atoms with Gasteiger partial charge in [0.25, 0.3) is 5.91 Å². The minimum atomic E-state index is -4.81. The van der Waals surface area contributed by atoms with Crippen molar-refractivity contribution in [3.8, 4) is 22.3 Å². The Labute approximate surface area is 433 Å². The van der Waals surface area contributed by atoms with Crippen molar-refractivity contribution in [1.29, 1.82) is 5.26 Å². The van der Waals surface area contributed by atoms with Crippen LogP contribution in [0.3, 0.4) is 0 Å². The van der Waals surface area contributed by atoms with Gasteiger partial charge in [0.2, 0.25) is 17.7 Å². The van der Waals surface area contributed by atoms with Crippen molar-refractivity contribution in [3.63, 3.8) is 0 Å². The van der Waals surface area contributed by atoms with Gasteiger partial charge in [-0.1, -0.05) is 52.0 Å². The van der Waals surface area contributed by atoms with E-state index in [1.807, 2.05) is 64.4 Å². The SMILES string of the molecule is Cc1ncsc1-c1ccc(CNC(=O)[C@@H]2C[C@@H](C)CN2C(=O)[C@@H](NC(=O)COCCCOCCCCOc2ccc(N3C(=S)N(c4ccc(C#N)c(C(F)(F)F)c4)C(=O)C34CCOCC4)cc2)C(C)(C)C)cc1. The zero-order valence-corrected chi connectivity index (χ0v) is 43.4. The fraction of sp³-hybridized carbons (Fsp3) is 0.491. The number of thiocarbonyl (C=S) groups is 1. The first-order chi connectivity index (χ1) is 34.8. The Morgan fingerprint density at radius 2 is 1.63 bits per heavy atom. The summed E-state index contributed by atoms with van der Waals surface area (Å²) in [4.78, 5) is 64.7. The third-order valence-electron chi connectivity index (χ3n) is 13.2. The summed E-state index contributed by atoms with van der Waals surface area (Å²) in [6.45, 7) is 12.2. The molecule has 390 valence electrons. The number of amides is 4. The number of hydrogen-bond donors (Lipinski definition) is 2. The number of nitriles is 1. The van der Waals surface area contributed by atoms with E-state index in [1.165, 1.54) is 6.07 Å². The largest absolute Gasteiger partial charge is 0.494 e. The van der Waals surface area contributed by atoms with Crippen molar-refractivity contribution in [3.05, 3.63) is 94.6 Å². The highest BCUT2D eigenvalue weighted by Gasteiger charge is 2.57. The first-order valence-corrected chi connectivity index (χ1v) is 25.7. The molecule has 73 heavy (non-hydrogen) atoms. The molecule has 4 amide bonds. The van der Waals surface area contributed by atoms with Gasteiger partial charge in [-0.25, -0.2) is 4.98 Å². The maximum Gasteiger partial charge on any atom is 0.417 e. The number of halogens is 3. The van der Waals surface area contributed by atoms with E-state index in [0.29, 0.717) is 63.6 Å². The van der Waals surface area contributed by atoms with Crippen molar-refractivity contribution < 1.29 is 51.3 Å². The van der Waals surface area contributed by atoms with Crippen LogP contribution in [0.4, 0.5) is 24.5 Å². The minimum absolute atomic E-state index is 0.0245. The number of carbonyl (C=O) groups is 4. The zero-order valence-electron chi connectivity index (χ0n) is 41.7. The number of rotatable bonds is 20. The smallest absolute Gasteiger partial charge is 0.417 e. The summed E-state index contributed by atoms with van der Waals surface area (Å²) >= 11 is 7.37. The number of nitrogens with zero attached hydrogens (tertiary/aromatic N) is 5. The van der Waals surface area contributed by atoms with Gasteiger partial charge in [-0.2, -0.15) is 18.4 Å². The zero-order chi connectivity index (χ0) is 52.5. The molecule has 20 heteroatoms. The summed E-state index contributed by atoms with van der Waals surface area (Å²) in [5.41, 5.74) is 1.80. The van der Waals surface area contributed by atoms with Crippen LogP contribution in [0, 0.1) is 29.6 Å². The molecule has 3 saturated heterocycles. The lowest BCUT2D eigenvalue weighted by Crippen LogP contribution is -2.58. The normalized spacial score (nSPS) is 18.3.